The Labute approximate surface area is 81.8 Å². The van der Waals surface area contributed by atoms with Gasteiger partial charge < -0.3 is 5.73 Å². The lowest BCUT2D eigenvalue weighted by molar-refractivity contribution is 1.12. The van der Waals surface area contributed by atoms with Crippen molar-refractivity contribution in [2.45, 2.75) is 6.42 Å². The Balaban J connectivity index is 2.93. The van der Waals surface area contributed by atoms with Crippen LogP contribution in [0.1, 0.15) is 5.56 Å². The number of halogens is 2. The molecule has 0 atom stereocenters. The maximum atomic E-state index is 5.78. The summed E-state index contributed by atoms with van der Waals surface area (Å²) in [6.45, 7) is 3.60. The van der Waals surface area contributed by atoms with Crippen LogP contribution in [-0.4, -0.2) is 0 Å². The minimum Gasteiger partial charge on any atom is -0.402 e. The average molecular weight is 202 g/mol. The molecule has 0 fully saturated rings. The maximum Gasteiger partial charge on any atom is 0.0423 e. The second-order valence-corrected chi connectivity index (χ2v) is 3.49. The molecular formula is C9H9Cl2N. The number of allylic oxidation sites excluding steroid dienone is 1. The van der Waals surface area contributed by atoms with Crippen LogP contribution in [0.15, 0.2) is 30.5 Å². The summed E-state index contributed by atoms with van der Waals surface area (Å²) in [6.07, 6.45) is 0.611. The fraction of sp³-hybridized carbons (Fsp3) is 0.111. The van der Waals surface area contributed by atoms with Crippen molar-refractivity contribution < 1.29 is 0 Å². The third-order valence-electron chi connectivity index (χ3n) is 1.35. The Hall–Kier alpha value is -0.660. The predicted octanol–water partition coefficient (Wildman–Crippen LogP) is 3.01. The van der Waals surface area contributed by atoms with Crippen LogP contribution in [0.25, 0.3) is 0 Å². The van der Waals surface area contributed by atoms with Gasteiger partial charge in [0.05, 0.1) is 0 Å². The number of nitrogens with two attached hydrogens (primary N) is 1. The minimum atomic E-state index is 0.605. The lowest BCUT2D eigenvalue weighted by atomic mass is 10.1. The minimum absolute atomic E-state index is 0.605. The molecule has 12 heavy (non-hydrogen) atoms. The Bertz CT molecular complexity index is 287. The van der Waals surface area contributed by atoms with E-state index >= 15 is 0 Å². The molecule has 2 N–H and O–H groups in total. The van der Waals surface area contributed by atoms with E-state index in [9.17, 15) is 0 Å². The summed E-state index contributed by atoms with van der Waals surface area (Å²) in [5, 5.41) is 1.25. The van der Waals surface area contributed by atoms with Gasteiger partial charge in [-0.15, -0.1) is 0 Å². The molecule has 3 heteroatoms. The van der Waals surface area contributed by atoms with E-state index in [1.165, 1.54) is 0 Å². The summed E-state index contributed by atoms with van der Waals surface area (Å²) in [5.74, 6) is 0. The number of benzene rings is 1. The zero-order chi connectivity index (χ0) is 9.14. The Morgan fingerprint density at radius 2 is 1.75 bits per heavy atom. The third kappa shape index (κ3) is 2.76. The smallest absolute Gasteiger partial charge is 0.0423 e. The van der Waals surface area contributed by atoms with Gasteiger partial charge in [0, 0.05) is 22.2 Å². The SMILES string of the molecule is C=C(N)Cc1cc(Cl)cc(Cl)c1. The molecule has 0 amide bonds. The van der Waals surface area contributed by atoms with Crippen molar-refractivity contribution in [3.05, 3.63) is 46.1 Å². The van der Waals surface area contributed by atoms with Crippen molar-refractivity contribution in [3.63, 3.8) is 0 Å². The van der Waals surface area contributed by atoms with Crippen LogP contribution < -0.4 is 5.73 Å². The van der Waals surface area contributed by atoms with Crippen LogP contribution in [0, 0.1) is 0 Å². The lowest BCUT2D eigenvalue weighted by Crippen LogP contribution is -1.98. The molecule has 1 aromatic carbocycles. The molecule has 0 aliphatic carbocycles. The van der Waals surface area contributed by atoms with E-state index in [4.69, 9.17) is 28.9 Å². The highest BCUT2D eigenvalue weighted by molar-refractivity contribution is 6.34. The highest BCUT2D eigenvalue weighted by Gasteiger charge is 1.98. The highest BCUT2D eigenvalue weighted by atomic mass is 35.5. The number of rotatable bonds is 2. The van der Waals surface area contributed by atoms with Crippen molar-refractivity contribution in [1.29, 1.82) is 0 Å². The lowest BCUT2D eigenvalue weighted by Gasteiger charge is -2.01. The standard InChI is InChI=1S/C9H9Cl2N/c1-6(12)2-7-3-8(10)5-9(11)4-7/h3-5H,1-2,12H2. The molecule has 0 heterocycles. The zero-order valence-electron chi connectivity index (χ0n) is 6.48. The number of hydrogen-bond acceptors (Lipinski definition) is 1. The molecule has 0 radical (unpaired) electrons. The van der Waals surface area contributed by atoms with Crippen LogP contribution in [0.4, 0.5) is 0 Å². The van der Waals surface area contributed by atoms with Crippen LogP contribution in [0.5, 0.6) is 0 Å². The fourth-order valence-electron chi connectivity index (χ4n) is 0.975. The van der Waals surface area contributed by atoms with Crippen LogP contribution >= 0.6 is 23.2 Å². The average Bonchev–Trinajstić information content (AvgIpc) is 1.81. The van der Waals surface area contributed by atoms with Gasteiger partial charge in [-0.2, -0.15) is 0 Å². The van der Waals surface area contributed by atoms with Gasteiger partial charge in [0.2, 0.25) is 0 Å². The molecule has 0 unspecified atom stereocenters. The van der Waals surface area contributed by atoms with Crippen LogP contribution in [-0.2, 0) is 6.42 Å². The molecule has 0 bridgehead atoms. The molecule has 1 rings (SSSR count). The molecule has 0 saturated carbocycles. The van der Waals surface area contributed by atoms with E-state index < -0.39 is 0 Å². The van der Waals surface area contributed by atoms with Crippen molar-refractivity contribution >= 4 is 23.2 Å². The van der Waals surface area contributed by atoms with Crippen molar-refractivity contribution in [1.82, 2.24) is 0 Å². The molecule has 0 saturated heterocycles. The summed E-state index contributed by atoms with van der Waals surface area (Å²) < 4.78 is 0. The molecule has 0 aliphatic heterocycles. The molecule has 0 aromatic heterocycles. The van der Waals surface area contributed by atoms with E-state index in [0.717, 1.165) is 5.56 Å². The number of hydrogen-bond donors (Lipinski definition) is 1. The molecular weight excluding hydrogens is 193 g/mol. The van der Waals surface area contributed by atoms with Gasteiger partial charge in [-0.25, -0.2) is 0 Å². The van der Waals surface area contributed by atoms with Crippen molar-refractivity contribution in [3.8, 4) is 0 Å². The first-order chi connectivity index (χ1) is 5.58. The van der Waals surface area contributed by atoms with Crippen molar-refractivity contribution in [2.75, 3.05) is 0 Å². The molecule has 1 aromatic rings. The Kier molecular flexibility index (Phi) is 3.01. The summed E-state index contributed by atoms with van der Waals surface area (Å²) in [7, 11) is 0. The van der Waals surface area contributed by atoms with Gasteiger partial charge in [0.25, 0.3) is 0 Å². The summed E-state index contributed by atoms with van der Waals surface area (Å²) >= 11 is 11.6. The maximum absolute atomic E-state index is 5.78. The highest BCUT2D eigenvalue weighted by Crippen LogP contribution is 2.19. The van der Waals surface area contributed by atoms with E-state index in [2.05, 4.69) is 6.58 Å². The van der Waals surface area contributed by atoms with E-state index in [-0.39, 0.29) is 0 Å². The van der Waals surface area contributed by atoms with E-state index in [0.29, 0.717) is 22.2 Å². The molecule has 0 spiro atoms. The predicted molar refractivity (Wildman–Crippen MR) is 53.5 cm³/mol. The second kappa shape index (κ2) is 3.83. The first-order valence-corrected chi connectivity index (χ1v) is 4.22. The second-order valence-electron chi connectivity index (χ2n) is 2.61. The van der Waals surface area contributed by atoms with Gasteiger partial charge in [-0.3, -0.25) is 0 Å². The van der Waals surface area contributed by atoms with Crippen LogP contribution in [0.2, 0.25) is 10.0 Å². The Morgan fingerprint density at radius 3 is 2.17 bits per heavy atom. The fourth-order valence-corrected chi connectivity index (χ4v) is 1.55. The van der Waals surface area contributed by atoms with Crippen molar-refractivity contribution in [2.24, 2.45) is 5.73 Å². The van der Waals surface area contributed by atoms with Gasteiger partial charge in [0.1, 0.15) is 0 Å². The normalized spacial score (nSPS) is 9.83. The van der Waals surface area contributed by atoms with Gasteiger partial charge >= 0.3 is 0 Å². The molecule has 0 aliphatic rings. The summed E-state index contributed by atoms with van der Waals surface area (Å²) in [4.78, 5) is 0. The van der Waals surface area contributed by atoms with E-state index in [1.807, 2.05) is 12.1 Å². The first kappa shape index (κ1) is 9.43. The largest absolute Gasteiger partial charge is 0.402 e. The summed E-state index contributed by atoms with van der Waals surface area (Å²) in [6, 6.07) is 5.34. The zero-order valence-corrected chi connectivity index (χ0v) is 7.99. The molecule has 64 valence electrons. The first-order valence-electron chi connectivity index (χ1n) is 3.46. The van der Waals surface area contributed by atoms with Gasteiger partial charge in [-0.1, -0.05) is 29.8 Å². The van der Waals surface area contributed by atoms with Gasteiger partial charge in [-0.05, 0) is 23.8 Å². The van der Waals surface area contributed by atoms with E-state index in [1.54, 1.807) is 6.07 Å². The Morgan fingerprint density at radius 1 is 1.25 bits per heavy atom. The summed E-state index contributed by atoms with van der Waals surface area (Å²) in [5.41, 5.74) is 7.04. The van der Waals surface area contributed by atoms with Crippen LogP contribution in [0.3, 0.4) is 0 Å². The molecule has 1 nitrogen and oxygen atoms in total. The third-order valence-corrected chi connectivity index (χ3v) is 1.79. The quantitative estimate of drug-likeness (QED) is 0.783. The topological polar surface area (TPSA) is 26.0 Å². The van der Waals surface area contributed by atoms with Gasteiger partial charge in [0.15, 0.2) is 0 Å². The monoisotopic (exact) mass is 201 g/mol.